The van der Waals surface area contributed by atoms with Gasteiger partial charge in [0.05, 0.1) is 0 Å². The Balaban J connectivity index is 1.45. The van der Waals surface area contributed by atoms with Gasteiger partial charge in [0.1, 0.15) is 6.61 Å². The molecule has 0 amide bonds. The Hall–Kier alpha value is -1.76. The molecule has 1 saturated heterocycles. The number of benzene rings is 1. The molecule has 122 valence electrons. The third-order valence-electron chi connectivity index (χ3n) is 3.85. The third-order valence-corrected chi connectivity index (χ3v) is 4.66. The quantitative estimate of drug-likeness (QED) is 0.814. The molecule has 1 aliphatic rings. The molecule has 23 heavy (non-hydrogen) atoms. The molecule has 6 heteroatoms. The first kappa shape index (κ1) is 16.1. The smallest absolute Gasteiger partial charge is 0.205 e. The summed E-state index contributed by atoms with van der Waals surface area (Å²) >= 11 is 1.46. The number of rotatable bonds is 6. The highest BCUT2D eigenvalue weighted by Gasteiger charge is 2.19. The molecule has 1 aromatic heterocycles. The highest BCUT2D eigenvalue weighted by molar-refractivity contribution is 7.09. The van der Waals surface area contributed by atoms with Crippen LogP contribution in [0.15, 0.2) is 36.4 Å². The molecule has 0 atom stereocenters. The predicted octanol–water partition coefficient (Wildman–Crippen LogP) is 2.52. The maximum Gasteiger partial charge on any atom is 0.205 e. The van der Waals surface area contributed by atoms with Crippen molar-refractivity contribution in [1.82, 2.24) is 14.3 Å². The number of methoxy groups -OCH3 is 1. The number of nitrogens with zero attached hydrogens (tertiary/aromatic N) is 4. The van der Waals surface area contributed by atoms with Gasteiger partial charge >= 0.3 is 0 Å². The summed E-state index contributed by atoms with van der Waals surface area (Å²) in [6.07, 6.45) is 4.43. The first-order chi connectivity index (χ1) is 11.3. The minimum atomic E-state index is 0.487. The largest absolute Gasteiger partial charge is 0.377 e. The standard InChI is InChI=1S/C17H22N4OS/c1-22-14-16-18-17(23-19-16)21-12-10-20(11-13-21)9-5-8-15-6-3-2-4-7-15/h2-8H,9-14H2,1H3/b8-5+. The average molecular weight is 330 g/mol. The summed E-state index contributed by atoms with van der Waals surface area (Å²) in [6, 6.07) is 10.4. The van der Waals surface area contributed by atoms with Gasteiger partial charge in [0.15, 0.2) is 5.82 Å². The van der Waals surface area contributed by atoms with Crippen LogP contribution in [0.2, 0.25) is 0 Å². The van der Waals surface area contributed by atoms with E-state index in [2.05, 4.69) is 55.6 Å². The fourth-order valence-electron chi connectivity index (χ4n) is 2.58. The second kappa shape index (κ2) is 8.19. The van der Waals surface area contributed by atoms with Crippen molar-refractivity contribution in [3.8, 4) is 0 Å². The molecule has 0 aliphatic carbocycles. The van der Waals surface area contributed by atoms with Crippen LogP contribution in [-0.4, -0.2) is 54.1 Å². The van der Waals surface area contributed by atoms with E-state index in [0.29, 0.717) is 6.61 Å². The number of piperazine rings is 1. The van der Waals surface area contributed by atoms with E-state index in [4.69, 9.17) is 4.74 Å². The molecule has 0 bridgehead atoms. The molecule has 0 saturated carbocycles. The van der Waals surface area contributed by atoms with Gasteiger partial charge in [0, 0.05) is 51.4 Å². The zero-order valence-corrected chi connectivity index (χ0v) is 14.2. The van der Waals surface area contributed by atoms with Crippen molar-refractivity contribution < 1.29 is 4.74 Å². The summed E-state index contributed by atoms with van der Waals surface area (Å²) in [4.78, 5) is 9.31. The van der Waals surface area contributed by atoms with E-state index in [9.17, 15) is 0 Å². The van der Waals surface area contributed by atoms with Crippen LogP contribution in [-0.2, 0) is 11.3 Å². The fourth-order valence-corrected chi connectivity index (χ4v) is 3.31. The van der Waals surface area contributed by atoms with Gasteiger partial charge in [-0.2, -0.15) is 4.37 Å². The minimum Gasteiger partial charge on any atom is -0.377 e. The van der Waals surface area contributed by atoms with Crippen LogP contribution in [0, 0.1) is 0 Å². The van der Waals surface area contributed by atoms with Crippen molar-refractivity contribution in [2.24, 2.45) is 0 Å². The normalized spacial score (nSPS) is 16.3. The van der Waals surface area contributed by atoms with Crippen LogP contribution in [0.1, 0.15) is 11.4 Å². The summed E-state index contributed by atoms with van der Waals surface area (Å²) in [5, 5.41) is 1.01. The summed E-state index contributed by atoms with van der Waals surface area (Å²) in [5.74, 6) is 0.778. The average Bonchev–Trinajstić information content (AvgIpc) is 3.06. The van der Waals surface area contributed by atoms with Gasteiger partial charge < -0.3 is 9.64 Å². The van der Waals surface area contributed by atoms with Crippen molar-refractivity contribution in [3.05, 3.63) is 47.8 Å². The van der Waals surface area contributed by atoms with Crippen LogP contribution >= 0.6 is 11.5 Å². The van der Waals surface area contributed by atoms with E-state index < -0.39 is 0 Å². The molecule has 0 radical (unpaired) electrons. The summed E-state index contributed by atoms with van der Waals surface area (Å²) < 4.78 is 9.40. The van der Waals surface area contributed by atoms with Gasteiger partial charge in [-0.15, -0.1) is 0 Å². The monoisotopic (exact) mass is 330 g/mol. The fraction of sp³-hybridized carbons (Fsp3) is 0.412. The molecule has 5 nitrogen and oxygen atoms in total. The predicted molar refractivity (Wildman–Crippen MR) is 94.8 cm³/mol. The lowest BCUT2D eigenvalue weighted by Gasteiger charge is -2.33. The molecule has 1 aromatic carbocycles. The lowest BCUT2D eigenvalue weighted by atomic mass is 10.2. The Kier molecular flexibility index (Phi) is 5.74. The van der Waals surface area contributed by atoms with Gasteiger partial charge in [0.2, 0.25) is 5.13 Å². The molecular formula is C17H22N4OS. The van der Waals surface area contributed by atoms with Gasteiger partial charge in [-0.05, 0) is 5.56 Å². The van der Waals surface area contributed by atoms with Crippen molar-refractivity contribution in [2.75, 3.05) is 44.7 Å². The Morgan fingerprint density at radius 3 is 2.70 bits per heavy atom. The zero-order valence-electron chi connectivity index (χ0n) is 13.4. The van der Waals surface area contributed by atoms with Crippen molar-refractivity contribution in [2.45, 2.75) is 6.61 Å². The van der Waals surface area contributed by atoms with Gasteiger partial charge in [-0.3, -0.25) is 4.90 Å². The van der Waals surface area contributed by atoms with Crippen LogP contribution in [0.3, 0.4) is 0 Å². The molecule has 0 unspecified atom stereocenters. The van der Waals surface area contributed by atoms with E-state index in [1.807, 2.05) is 6.07 Å². The number of hydrogen-bond acceptors (Lipinski definition) is 6. The molecule has 2 aromatic rings. The Morgan fingerprint density at radius 2 is 1.96 bits per heavy atom. The lowest BCUT2D eigenvalue weighted by Crippen LogP contribution is -2.46. The van der Waals surface area contributed by atoms with Crippen molar-refractivity contribution in [1.29, 1.82) is 0 Å². The molecule has 2 heterocycles. The molecule has 3 rings (SSSR count). The van der Waals surface area contributed by atoms with E-state index in [1.54, 1.807) is 7.11 Å². The van der Waals surface area contributed by atoms with Gasteiger partial charge in [0.25, 0.3) is 0 Å². The maximum absolute atomic E-state index is 5.07. The molecule has 1 aliphatic heterocycles. The van der Waals surface area contributed by atoms with E-state index in [0.717, 1.165) is 43.7 Å². The van der Waals surface area contributed by atoms with Crippen molar-refractivity contribution in [3.63, 3.8) is 0 Å². The number of aromatic nitrogens is 2. The van der Waals surface area contributed by atoms with Gasteiger partial charge in [-0.25, -0.2) is 4.98 Å². The lowest BCUT2D eigenvalue weighted by molar-refractivity contribution is 0.179. The SMILES string of the molecule is COCc1nsc(N2CCN(C/C=C/c3ccccc3)CC2)n1. The maximum atomic E-state index is 5.07. The highest BCUT2D eigenvalue weighted by atomic mass is 32.1. The molecular weight excluding hydrogens is 308 g/mol. The summed E-state index contributed by atoms with van der Waals surface area (Å²) in [5.41, 5.74) is 1.26. The topological polar surface area (TPSA) is 41.5 Å². The van der Waals surface area contributed by atoms with Crippen LogP contribution in [0.25, 0.3) is 6.08 Å². The minimum absolute atomic E-state index is 0.487. The van der Waals surface area contributed by atoms with E-state index >= 15 is 0 Å². The first-order valence-electron chi connectivity index (χ1n) is 7.85. The first-order valence-corrected chi connectivity index (χ1v) is 8.63. The highest BCUT2D eigenvalue weighted by Crippen LogP contribution is 2.19. The summed E-state index contributed by atoms with van der Waals surface area (Å²) in [6.45, 7) is 5.59. The second-order valence-electron chi connectivity index (χ2n) is 5.53. The zero-order chi connectivity index (χ0) is 15.9. The molecule has 0 spiro atoms. The molecule has 0 N–H and O–H groups in total. The van der Waals surface area contributed by atoms with Crippen LogP contribution in [0.4, 0.5) is 5.13 Å². The third kappa shape index (κ3) is 4.60. The Bertz CT molecular complexity index is 621. The Labute approximate surface area is 141 Å². The Morgan fingerprint density at radius 1 is 1.17 bits per heavy atom. The van der Waals surface area contributed by atoms with Gasteiger partial charge in [-0.1, -0.05) is 42.5 Å². The van der Waals surface area contributed by atoms with E-state index in [-0.39, 0.29) is 0 Å². The second-order valence-corrected chi connectivity index (χ2v) is 6.26. The van der Waals surface area contributed by atoms with Crippen LogP contribution < -0.4 is 4.90 Å². The van der Waals surface area contributed by atoms with Crippen LogP contribution in [0.5, 0.6) is 0 Å². The number of ether oxygens (including phenoxy) is 1. The molecule has 1 fully saturated rings. The van der Waals surface area contributed by atoms with E-state index in [1.165, 1.54) is 17.1 Å². The summed E-state index contributed by atoms with van der Waals surface area (Å²) in [7, 11) is 1.67. The number of hydrogen-bond donors (Lipinski definition) is 0. The van der Waals surface area contributed by atoms with Crippen molar-refractivity contribution >= 4 is 22.7 Å². The number of anilines is 1.